The number of benzene rings is 2. The van der Waals surface area contributed by atoms with Gasteiger partial charge >= 0.3 is 0 Å². The summed E-state index contributed by atoms with van der Waals surface area (Å²) in [5.41, 5.74) is 2.16. The van der Waals surface area contributed by atoms with Crippen LogP contribution in [0.4, 0.5) is 0 Å². The summed E-state index contributed by atoms with van der Waals surface area (Å²) in [4.78, 5) is 0. The maximum Gasteiger partial charge on any atom is 0.162 e. The molecule has 128 valence electrons. The Morgan fingerprint density at radius 3 is 2.48 bits per heavy atom. The molecule has 1 saturated carbocycles. The minimum atomic E-state index is 0.178. The quantitative estimate of drug-likeness (QED) is 0.630. The Labute approximate surface area is 147 Å². The van der Waals surface area contributed by atoms with E-state index in [1.54, 1.807) is 31.4 Å². The second kappa shape index (κ2) is 7.76. The highest BCUT2D eigenvalue weighted by Gasteiger charge is 2.18. The Kier molecular flexibility index (Phi) is 5.25. The molecule has 3 rings (SSSR count). The van der Waals surface area contributed by atoms with E-state index in [4.69, 9.17) is 9.47 Å². The minimum Gasteiger partial charge on any atom is -0.508 e. The van der Waals surface area contributed by atoms with Gasteiger partial charge < -0.3 is 14.6 Å². The number of hydrogen-bond donors (Lipinski definition) is 1. The van der Waals surface area contributed by atoms with E-state index in [0.29, 0.717) is 17.1 Å². The number of methoxy groups -OCH3 is 1. The van der Waals surface area contributed by atoms with Crippen LogP contribution in [0, 0.1) is 11.3 Å². The van der Waals surface area contributed by atoms with Crippen molar-refractivity contribution in [2.45, 2.75) is 31.8 Å². The number of rotatable bonds is 5. The topological polar surface area (TPSA) is 62.5 Å². The fourth-order valence-corrected chi connectivity index (χ4v) is 3.05. The van der Waals surface area contributed by atoms with Gasteiger partial charge in [-0.3, -0.25) is 0 Å². The number of phenols is 1. The van der Waals surface area contributed by atoms with Crippen molar-refractivity contribution in [2.75, 3.05) is 7.11 Å². The molecule has 0 bridgehead atoms. The molecule has 4 heteroatoms. The monoisotopic (exact) mass is 335 g/mol. The van der Waals surface area contributed by atoms with Crippen LogP contribution in [0.15, 0.2) is 42.5 Å². The molecular weight excluding hydrogens is 314 g/mol. The summed E-state index contributed by atoms with van der Waals surface area (Å²) in [5.74, 6) is 1.59. The molecule has 1 N–H and O–H groups in total. The lowest BCUT2D eigenvalue weighted by Gasteiger charge is -2.16. The maximum atomic E-state index is 9.47. The zero-order valence-corrected chi connectivity index (χ0v) is 14.2. The van der Waals surface area contributed by atoms with Crippen molar-refractivity contribution < 1.29 is 14.6 Å². The first-order valence-electron chi connectivity index (χ1n) is 8.45. The van der Waals surface area contributed by atoms with Crippen LogP contribution in [-0.2, 0) is 0 Å². The normalized spacial score (nSPS) is 15.0. The highest BCUT2D eigenvalue weighted by molar-refractivity contribution is 5.89. The second-order valence-electron chi connectivity index (χ2n) is 6.15. The van der Waals surface area contributed by atoms with E-state index in [1.165, 1.54) is 12.8 Å². The van der Waals surface area contributed by atoms with Crippen LogP contribution in [-0.4, -0.2) is 18.3 Å². The van der Waals surface area contributed by atoms with Gasteiger partial charge in [-0.1, -0.05) is 6.07 Å². The van der Waals surface area contributed by atoms with Crippen molar-refractivity contribution in [3.8, 4) is 23.3 Å². The van der Waals surface area contributed by atoms with Crippen LogP contribution in [0.1, 0.15) is 36.8 Å². The lowest BCUT2D eigenvalue weighted by Crippen LogP contribution is -2.11. The van der Waals surface area contributed by atoms with Crippen molar-refractivity contribution in [3.05, 3.63) is 53.6 Å². The maximum absolute atomic E-state index is 9.47. The van der Waals surface area contributed by atoms with Crippen molar-refractivity contribution in [1.82, 2.24) is 0 Å². The molecule has 0 amide bonds. The Morgan fingerprint density at radius 2 is 1.84 bits per heavy atom. The minimum absolute atomic E-state index is 0.178. The predicted molar refractivity (Wildman–Crippen MR) is 97.5 cm³/mol. The van der Waals surface area contributed by atoms with Gasteiger partial charge in [-0.25, -0.2) is 0 Å². The van der Waals surface area contributed by atoms with E-state index in [2.05, 4.69) is 6.07 Å². The lowest BCUT2D eigenvalue weighted by molar-refractivity contribution is 0.201. The van der Waals surface area contributed by atoms with Crippen molar-refractivity contribution >= 4 is 11.6 Å². The number of ether oxygens (including phenoxy) is 2. The SMILES string of the molecule is COc1ccc(C=C(C#N)c2ccc(O)cc2)cc1OC1CCCC1. The van der Waals surface area contributed by atoms with E-state index < -0.39 is 0 Å². The summed E-state index contributed by atoms with van der Waals surface area (Å²) in [6.45, 7) is 0. The standard InChI is InChI=1S/C21H21NO3/c1-24-20-11-6-15(13-21(20)25-19-4-2-3-5-19)12-17(14-22)16-7-9-18(23)10-8-16/h6-13,19,23H,2-5H2,1H3. The molecule has 1 fully saturated rings. The molecule has 1 aliphatic carbocycles. The van der Waals surface area contributed by atoms with E-state index in [-0.39, 0.29) is 11.9 Å². The molecule has 0 heterocycles. The molecule has 2 aromatic carbocycles. The third-order valence-electron chi connectivity index (χ3n) is 4.39. The fraction of sp³-hybridized carbons (Fsp3) is 0.286. The van der Waals surface area contributed by atoms with Crippen LogP contribution in [0.25, 0.3) is 11.6 Å². The molecule has 0 saturated heterocycles. The molecule has 4 nitrogen and oxygen atoms in total. The molecule has 0 radical (unpaired) electrons. The Hall–Kier alpha value is -2.93. The number of nitrogens with zero attached hydrogens (tertiary/aromatic N) is 1. The van der Waals surface area contributed by atoms with E-state index in [9.17, 15) is 10.4 Å². The summed E-state index contributed by atoms with van der Waals surface area (Å²) < 4.78 is 11.5. The summed E-state index contributed by atoms with van der Waals surface area (Å²) in [5, 5.41) is 18.9. The second-order valence-corrected chi connectivity index (χ2v) is 6.15. The molecule has 2 aromatic rings. The predicted octanol–water partition coefficient (Wildman–Crippen LogP) is 4.79. The first-order chi connectivity index (χ1) is 12.2. The Bertz CT molecular complexity index is 797. The summed E-state index contributed by atoms with van der Waals surface area (Å²) in [6, 6.07) is 14.5. The van der Waals surface area contributed by atoms with Crippen molar-refractivity contribution in [2.24, 2.45) is 0 Å². The number of nitriles is 1. The molecule has 0 spiro atoms. The van der Waals surface area contributed by atoms with Crippen LogP contribution < -0.4 is 9.47 Å². The highest BCUT2D eigenvalue weighted by atomic mass is 16.5. The summed E-state index contributed by atoms with van der Waals surface area (Å²) in [6.07, 6.45) is 6.59. The van der Waals surface area contributed by atoms with Crippen molar-refractivity contribution in [3.63, 3.8) is 0 Å². The van der Waals surface area contributed by atoms with Gasteiger partial charge in [-0.15, -0.1) is 0 Å². The van der Waals surface area contributed by atoms with Crippen LogP contribution in [0.5, 0.6) is 17.2 Å². The third kappa shape index (κ3) is 4.13. The largest absolute Gasteiger partial charge is 0.508 e. The summed E-state index contributed by atoms with van der Waals surface area (Å²) >= 11 is 0. The zero-order chi connectivity index (χ0) is 17.6. The first-order valence-corrected chi connectivity index (χ1v) is 8.45. The first kappa shape index (κ1) is 16.9. The van der Waals surface area contributed by atoms with Crippen LogP contribution in [0.2, 0.25) is 0 Å². The van der Waals surface area contributed by atoms with Gasteiger partial charge in [0.05, 0.1) is 24.9 Å². The molecule has 0 atom stereocenters. The Balaban J connectivity index is 1.90. The number of allylic oxidation sites excluding steroid dienone is 1. The average Bonchev–Trinajstić information content (AvgIpc) is 3.14. The molecule has 0 aromatic heterocycles. The van der Waals surface area contributed by atoms with Gasteiger partial charge in [0.25, 0.3) is 0 Å². The number of aromatic hydroxyl groups is 1. The van der Waals surface area contributed by atoms with E-state index >= 15 is 0 Å². The number of hydrogen-bond acceptors (Lipinski definition) is 4. The zero-order valence-electron chi connectivity index (χ0n) is 14.2. The van der Waals surface area contributed by atoms with Crippen molar-refractivity contribution in [1.29, 1.82) is 5.26 Å². The Morgan fingerprint density at radius 1 is 1.12 bits per heavy atom. The molecule has 1 aliphatic rings. The number of phenolic OH excluding ortho intramolecular Hbond substituents is 1. The molecule has 0 aliphatic heterocycles. The van der Waals surface area contributed by atoms with Gasteiger partial charge in [-0.05, 0) is 79.3 Å². The van der Waals surface area contributed by atoms with Gasteiger partial charge in [0.2, 0.25) is 0 Å². The fourth-order valence-electron chi connectivity index (χ4n) is 3.05. The van der Waals surface area contributed by atoms with Crippen LogP contribution >= 0.6 is 0 Å². The molecular formula is C21H21NO3. The van der Waals surface area contributed by atoms with Gasteiger partial charge in [0.1, 0.15) is 5.75 Å². The third-order valence-corrected chi connectivity index (χ3v) is 4.39. The average molecular weight is 335 g/mol. The lowest BCUT2D eigenvalue weighted by atomic mass is 10.0. The van der Waals surface area contributed by atoms with E-state index in [1.807, 2.05) is 24.3 Å². The molecule has 0 unspecified atom stereocenters. The smallest absolute Gasteiger partial charge is 0.162 e. The van der Waals surface area contributed by atoms with Gasteiger partial charge in [0.15, 0.2) is 11.5 Å². The van der Waals surface area contributed by atoms with Gasteiger partial charge in [0, 0.05) is 0 Å². The molecule has 25 heavy (non-hydrogen) atoms. The van der Waals surface area contributed by atoms with Crippen LogP contribution in [0.3, 0.4) is 0 Å². The highest BCUT2D eigenvalue weighted by Crippen LogP contribution is 2.33. The summed E-state index contributed by atoms with van der Waals surface area (Å²) in [7, 11) is 1.63. The van der Waals surface area contributed by atoms with Gasteiger partial charge in [-0.2, -0.15) is 5.26 Å². The van der Waals surface area contributed by atoms with E-state index in [0.717, 1.165) is 24.0 Å².